The highest BCUT2D eigenvalue weighted by Crippen LogP contribution is 2.27. The third-order valence-electron chi connectivity index (χ3n) is 1.83. The monoisotopic (exact) mass is 264 g/mol. The zero-order valence-corrected chi connectivity index (χ0v) is 10.6. The average Bonchev–Trinajstić information content (AvgIpc) is 2.18. The maximum atomic E-state index is 11.3. The van der Waals surface area contributed by atoms with Crippen LogP contribution >= 0.6 is 24.0 Å². The number of carbonyl (C=O) groups excluding carboxylic acids is 1. The molecule has 1 amide bonds. The second-order valence-corrected chi connectivity index (χ2v) is 3.53. The maximum absolute atomic E-state index is 11.3. The molecule has 0 unspecified atom stereocenters. The van der Waals surface area contributed by atoms with Crippen LogP contribution in [0.3, 0.4) is 0 Å². The van der Waals surface area contributed by atoms with E-state index in [1.807, 2.05) is 0 Å². The van der Waals surface area contributed by atoms with Gasteiger partial charge in [-0.2, -0.15) is 0 Å². The molecule has 1 aromatic carbocycles. The van der Waals surface area contributed by atoms with Gasteiger partial charge in [-0.15, -0.1) is 12.4 Å². The van der Waals surface area contributed by atoms with Crippen LogP contribution < -0.4 is 15.8 Å². The van der Waals surface area contributed by atoms with Crippen LogP contribution in [0.5, 0.6) is 5.75 Å². The first-order valence-corrected chi connectivity index (χ1v) is 4.82. The van der Waals surface area contributed by atoms with Gasteiger partial charge in [0.05, 0.1) is 18.2 Å². The summed E-state index contributed by atoms with van der Waals surface area (Å²) in [6.07, 6.45) is 0. The molecular weight excluding hydrogens is 251 g/mol. The zero-order valence-electron chi connectivity index (χ0n) is 8.99. The third kappa shape index (κ3) is 3.89. The third-order valence-corrected chi connectivity index (χ3v) is 2.13. The number of amides is 1. The molecule has 0 bridgehead atoms. The predicted molar refractivity (Wildman–Crippen MR) is 67.5 cm³/mol. The topological polar surface area (TPSA) is 64.3 Å². The van der Waals surface area contributed by atoms with E-state index >= 15 is 0 Å². The van der Waals surface area contributed by atoms with Crippen molar-refractivity contribution in [1.29, 1.82) is 0 Å². The minimum Gasteiger partial charge on any atom is -0.495 e. The Hall–Kier alpha value is -0.970. The smallest absolute Gasteiger partial charge is 0.240 e. The van der Waals surface area contributed by atoms with E-state index in [9.17, 15) is 4.79 Å². The fourth-order valence-electron chi connectivity index (χ4n) is 1.00. The Kier molecular flexibility index (Phi) is 6.18. The van der Waals surface area contributed by atoms with Gasteiger partial charge in [-0.25, -0.2) is 0 Å². The van der Waals surface area contributed by atoms with Crippen molar-refractivity contribution >= 4 is 35.6 Å². The molecule has 0 radical (unpaired) electrons. The standard InChI is InChI=1S/C10H13ClN2O2.ClH/c1-6(12)10(14)13-7-3-4-9(15-2)8(11)5-7;/h3-6H,12H2,1-2H3,(H,13,14);1H/t6-;/m1./s1. The molecule has 16 heavy (non-hydrogen) atoms. The molecule has 1 atom stereocenters. The molecule has 0 saturated heterocycles. The molecule has 6 heteroatoms. The van der Waals surface area contributed by atoms with Gasteiger partial charge >= 0.3 is 0 Å². The summed E-state index contributed by atoms with van der Waals surface area (Å²) in [6, 6.07) is 4.44. The molecule has 0 aliphatic carbocycles. The van der Waals surface area contributed by atoms with Crippen LogP contribution in [-0.2, 0) is 4.79 Å². The van der Waals surface area contributed by atoms with Crippen molar-refractivity contribution < 1.29 is 9.53 Å². The molecule has 0 spiro atoms. The Morgan fingerprint density at radius 1 is 1.56 bits per heavy atom. The number of nitrogens with one attached hydrogen (secondary N) is 1. The number of benzene rings is 1. The van der Waals surface area contributed by atoms with Crippen LogP contribution in [0.1, 0.15) is 6.92 Å². The quantitative estimate of drug-likeness (QED) is 0.879. The molecule has 1 rings (SSSR count). The summed E-state index contributed by atoms with van der Waals surface area (Å²) in [6.45, 7) is 1.61. The lowest BCUT2D eigenvalue weighted by molar-refractivity contribution is -0.117. The van der Waals surface area contributed by atoms with Gasteiger partial charge in [-0.05, 0) is 25.1 Å². The van der Waals surface area contributed by atoms with Gasteiger partial charge in [0.15, 0.2) is 0 Å². The highest BCUT2D eigenvalue weighted by atomic mass is 35.5. The van der Waals surface area contributed by atoms with Crippen LogP contribution in [0.15, 0.2) is 18.2 Å². The Balaban J connectivity index is 0.00000225. The number of halogens is 2. The van der Waals surface area contributed by atoms with Crippen molar-refractivity contribution in [2.75, 3.05) is 12.4 Å². The van der Waals surface area contributed by atoms with Crippen LogP contribution in [0, 0.1) is 0 Å². The number of carbonyl (C=O) groups is 1. The second-order valence-electron chi connectivity index (χ2n) is 3.13. The fourth-order valence-corrected chi connectivity index (χ4v) is 1.26. The van der Waals surface area contributed by atoms with E-state index < -0.39 is 6.04 Å². The summed E-state index contributed by atoms with van der Waals surface area (Å²) in [5.74, 6) is 0.312. The van der Waals surface area contributed by atoms with Crippen molar-refractivity contribution in [3.63, 3.8) is 0 Å². The van der Waals surface area contributed by atoms with Gasteiger partial charge in [0.25, 0.3) is 0 Å². The number of anilines is 1. The number of methoxy groups -OCH3 is 1. The van der Waals surface area contributed by atoms with E-state index in [4.69, 9.17) is 22.1 Å². The first-order valence-electron chi connectivity index (χ1n) is 4.44. The molecular formula is C10H14Cl2N2O2. The Labute approximate surface area is 106 Å². The highest BCUT2D eigenvalue weighted by Gasteiger charge is 2.08. The lowest BCUT2D eigenvalue weighted by Crippen LogP contribution is -2.32. The van der Waals surface area contributed by atoms with Crippen molar-refractivity contribution in [3.05, 3.63) is 23.2 Å². The molecule has 3 N–H and O–H groups in total. The van der Waals surface area contributed by atoms with Crippen LogP contribution in [0.4, 0.5) is 5.69 Å². The Morgan fingerprint density at radius 3 is 2.62 bits per heavy atom. The summed E-state index contributed by atoms with van der Waals surface area (Å²) in [5, 5.41) is 3.07. The number of ether oxygens (including phenoxy) is 1. The van der Waals surface area contributed by atoms with E-state index in [0.717, 1.165) is 0 Å². The normalized spacial score (nSPS) is 11.2. The van der Waals surface area contributed by atoms with E-state index in [-0.39, 0.29) is 18.3 Å². The molecule has 0 fully saturated rings. The summed E-state index contributed by atoms with van der Waals surface area (Å²) in [7, 11) is 1.53. The number of hydrogen-bond donors (Lipinski definition) is 2. The minimum absolute atomic E-state index is 0. The van der Waals surface area contributed by atoms with Crippen molar-refractivity contribution in [2.45, 2.75) is 13.0 Å². The van der Waals surface area contributed by atoms with E-state index in [1.165, 1.54) is 7.11 Å². The minimum atomic E-state index is -0.550. The van der Waals surface area contributed by atoms with Gasteiger partial charge in [0.1, 0.15) is 5.75 Å². The van der Waals surface area contributed by atoms with Gasteiger partial charge in [-0.3, -0.25) is 4.79 Å². The summed E-state index contributed by atoms with van der Waals surface area (Å²) in [4.78, 5) is 11.3. The van der Waals surface area contributed by atoms with Crippen LogP contribution in [-0.4, -0.2) is 19.1 Å². The second kappa shape index (κ2) is 6.58. The van der Waals surface area contributed by atoms with Gasteiger partial charge in [0, 0.05) is 5.69 Å². The Bertz CT molecular complexity index is 370. The molecule has 1 aromatic rings. The molecule has 90 valence electrons. The number of nitrogens with two attached hydrogens (primary N) is 1. The molecule has 0 heterocycles. The molecule has 0 aromatic heterocycles. The SMILES string of the molecule is COc1ccc(NC(=O)[C@@H](C)N)cc1Cl.Cl. The first-order chi connectivity index (χ1) is 7.04. The highest BCUT2D eigenvalue weighted by molar-refractivity contribution is 6.32. The van der Waals surface area contributed by atoms with Crippen LogP contribution in [0.25, 0.3) is 0 Å². The van der Waals surface area contributed by atoms with E-state index in [2.05, 4.69) is 5.32 Å². The summed E-state index contributed by atoms with van der Waals surface area (Å²) in [5.41, 5.74) is 6.01. The largest absolute Gasteiger partial charge is 0.495 e. The van der Waals surface area contributed by atoms with Gasteiger partial charge < -0.3 is 15.8 Å². The van der Waals surface area contributed by atoms with Crippen LogP contribution in [0.2, 0.25) is 5.02 Å². The molecule has 0 saturated carbocycles. The average molecular weight is 265 g/mol. The Morgan fingerprint density at radius 2 is 2.19 bits per heavy atom. The lowest BCUT2D eigenvalue weighted by atomic mass is 10.2. The van der Waals surface area contributed by atoms with Gasteiger partial charge in [0.2, 0.25) is 5.91 Å². The molecule has 4 nitrogen and oxygen atoms in total. The van der Waals surface area contributed by atoms with E-state index in [0.29, 0.717) is 16.5 Å². The van der Waals surface area contributed by atoms with Crippen molar-refractivity contribution in [2.24, 2.45) is 5.73 Å². The molecule has 0 aliphatic heterocycles. The lowest BCUT2D eigenvalue weighted by Gasteiger charge is -2.09. The number of rotatable bonds is 3. The van der Waals surface area contributed by atoms with E-state index in [1.54, 1.807) is 25.1 Å². The van der Waals surface area contributed by atoms with Crippen molar-refractivity contribution in [1.82, 2.24) is 0 Å². The van der Waals surface area contributed by atoms with Crippen molar-refractivity contribution in [3.8, 4) is 5.75 Å². The molecule has 0 aliphatic rings. The van der Waals surface area contributed by atoms with Gasteiger partial charge in [-0.1, -0.05) is 11.6 Å². The summed E-state index contributed by atoms with van der Waals surface area (Å²) >= 11 is 5.89. The predicted octanol–water partition coefficient (Wildman–Crippen LogP) is 2.06. The maximum Gasteiger partial charge on any atom is 0.240 e. The fraction of sp³-hybridized carbons (Fsp3) is 0.300. The first kappa shape index (κ1) is 15.0. The summed E-state index contributed by atoms with van der Waals surface area (Å²) < 4.78 is 4.98. The zero-order chi connectivity index (χ0) is 11.4. The number of hydrogen-bond acceptors (Lipinski definition) is 3.